The van der Waals surface area contributed by atoms with Gasteiger partial charge in [-0.15, -0.1) is 0 Å². The van der Waals surface area contributed by atoms with Crippen LogP contribution >= 0.6 is 0 Å². The summed E-state index contributed by atoms with van der Waals surface area (Å²) in [4.78, 5) is 23.9. The standard InChI is InChI=1S/C10H15NO4/c12-8-3-1-2-7(8)11-5-6(10(14)15)4-9(11)13/h6-8,12H,1-5H2,(H,14,15). The van der Waals surface area contributed by atoms with E-state index in [0.717, 1.165) is 12.8 Å². The van der Waals surface area contributed by atoms with Crippen molar-refractivity contribution >= 4 is 11.9 Å². The molecule has 0 spiro atoms. The van der Waals surface area contributed by atoms with Crippen molar-refractivity contribution in [3.05, 3.63) is 0 Å². The van der Waals surface area contributed by atoms with E-state index in [1.165, 1.54) is 0 Å². The molecule has 0 aromatic rings. The van der Waals surface area contributed by atoms with Gasteiger partial charge in [0, 0.05) is 13.0 Å². The van der Waals surface area contributed by atoms with Crippen molar-refractivity contribution in [2.24, 2.45) is 5.92 Å². The van der Waals surface area contributed by atoms with Crippen molar-refractivity contribution in [1.82, 2.24) is 4.90 Å². The Hall–Kier alpha value is -1.10. The first-order chi connectivity index (χ1) is 7.09. The van der Waals surface area contributed by atoms with E-state index in [4.69, 9.17) is 5.11 Å². The third-order valence-corrected chi connectivity index (χ3v) is 3.35. The third kappa shape index (κ3) is 1.84. The maximum atomic E-state index is 11.6. The number of aliphatic hydroxyl groups excluding tert-OH is 1. The molecule has 1 saturated carbocycles. The van der Waals surface area contributed by atoms with E-state index in [2.05, 4.69) is 0 Å². The fraction of sp³-hybridized carbons (Fsp3) is 0.800. The number of nitrogens with zero attached hydrogens (tertiary/aromatic N) is 1. The van der Waals surface area contributed by atoms with Gasteiger partial charge in [0.15, 0.2) is 0 Å². The molecule has 2 N–H and O–H groups in total. The van der Waals surface area contributed by atoms with Crippen LogP contribution in [-0.2, 0) is 9.59 Å². The number of carbonyl (C=O) groups is 2. The minimum absolute atomic E-state index is 0.0819. The Morgan fingerprint density at radius 3 is 2.60 bits per heavy atom. The Bertz CT molecular complexity index is 291. The number of aliphatic carboxylic acids is 1. The van der Waals surface area contributed by atoms with Crippen LogP contribution in [-0.4, -0.2) is 45.7 Å². The van der Waals surface area contributed by atoms with E-state index >= 15 is 0 Å². The highest BCUT2D eigenvalue weighted by atomic mass is 16.4. The molecule has 3 atom stereocenters. The monoisotopic (exact) mass is 213 g/mol. The summed E-state index contributed by atoms with van der Waals surface area (Å²) in [6.45, 7) is 0.260. The fourth-order valence-corrected chi connectivity index (χ4v) is 2.50. The Morgan fingerprint density at radius 2 is 2.13 bits per heavy atom. The average Bonchev–Trinajstić information content (AvgIpc) is 2.71. The lowest BCUT2D eigenvalue weighted by Gasteiger charge is -2.26. The number of hydrogen-bond acceptors (Lipinski definition) is 3. The minimum atomic E-state index is -0.918. The van der Waals surface area contributed by atoms with E-state index in [9.17, 15) is 14.7 Å². The quantitative estimate of drug-likeness (QED) is 0.667. The van der Waals surface area contributed by atoms with Crippen LogP contribution < -0.4 is 0 Å². The number of amides is 1. The molecule has 1 amide bonds. The number of carboxylic acid groups (broad SMARTS) is 1. The lowest BCUT2D eigenvalue weighted by Crippen LogP contribution is -2.41. The average molecular weight is 213 g/mol. The smallest absolute Gasteiger partial charge is 0.308 e. The molecule has 84 valence electrons. The molecule has 5 heteroatoms. The van der Waals surface area contributed by atoms with Crippen molar-refractivity contribution in [2.45, 2.75) is 37.8 Å². The van der Waals surface area contributed by atoms with E-state index in [1.807, 2.05) is 0 Å². The first-order valence-corrected chi connectivity index (χ1v) is 5.30. The summed E-state index contributed by atoms with van der Waals surface area (Å²) < 4.78 is 0. The van der Waals surface area contributed by atoms with Crippen molar-refractivity contribution in [2.75, 3.05) is 6.54 Å². The van der Waals surface area contributed by atoms with Crippen LogP contribution in [0, 0.1) is 5.92 Å². The molecule has 1 aliphatic heterocycles. The predicted molar refractivity (Wildman–Crippen MR) is 51.1 cm³/mol. The van der Waals surface area contributed by atoms with E-state index in [-0.39, 0.29) is 24.9 Å². The summed E-state index contributed by atoms with van der Waals surface area (Å²) in [7, 11) is 0. The fourth-order valence-electron chi connectivity index (χ4n) is 2.50. The van der Waals surface area contributed by atoms with Crippen molar-refractivity contribution in [3.8, 4) is 0 Å². The number of carboxylic acids is 1. The highest BCUT2D eigenvalue weighted by Gasteiger charge is 2.41. The molecule has 2 fully saturated rings. The summed E-state index contributed by atoms with van der Waals surface area (Å²) in [5, 5.41) is 18.5. The highest BCUT2D eigenvalue weighted by Crippen LogP contribution is 2.29. The summed E-state index contributed by atoms with van der Waals surface area (Å²) in [5.41, 5.74) is 0. The van der Waals surface area contributed by atoms with Crippen molar-refractivity contribution in [1.29, 1.82) is 0 Å². The van der Waals surface area contributed by atoms with Crippen LogP contribution in [0.3, 0.4) is 0 Å². The SMILES string of the molecule is O=C(O)C1CC(=O)N(C2CCCC2O)C1. The van der Waals surface area contributed by atoms with Crippen LogP contribution in [0.2, 0.25) is 0 Å². The first-order valence-electron chi connectivity index (χ1n) is 5.30. The second kappa shape index (κ2) is 3.81. The van der Waals surface area contributed by atoms with Crippen LogP contribution in [0.15, 0.2) is 0 Å². The van der Waals surface area contributed by atoms with Gasteiger partial charge in [0.05, 0.1) is 18.1 Å². The van der Waals surface area contributed by atoms with Gasteiger partial charge in [-0.1, -0.05) is 0 Å². The van der Waals surface area contributed by atoms with Crippen LogP contribution in [0.5, 0.6) is 0 Å². The lowest BCUT2D eigenvalue weighted by atomic mass is 10.1. The number of rotatable bonds is 2. The molecule has 0 bridgehead atoms. The van der Waals surface area contributed by atoms with Gasteiger partial charge in [-0.3, -0.25) is 9.59 Å². The van der Waals surface area contributed by atoms with Gasteiger partial charge in [-0.2, -0.15) is 0 Å². The Balaban J connectivity index is 2.04. The number of aliphatic hydroxyl groups is 1. The summed E-state index contributed by atoms with van der Waals surface area (Å²) in [5.74, 6) is -1.64. The maximum absolute atomic E-state index is 11.6. The van der Waals surface area contributed by atoms with Gasteiger partial charge in [-0.05, 0) is 19.3 Å². The number of carbonyl (C=O) groups excluding carboxylic acids is 1. The number of likely N-dealkylation sites (tertiary alicyclic amines) is 1. The molecule has 15 heavy (non-hydrogen) atoms. The molecule has 3 unspecified atom stereocenters. The Kier molecular flexibility index (Phi) is 2.65. The van der Waals surface area contributed by atoms with Crippen molar-refractivity contribution < 1.29 is 19.8 Å². The molecule has 0 aromatic carbocycles. The normalized spacial score (nSPS) is 36.2. The molecule has 1 saturated heterocycles. The van der Waals surface area contributed by atoms with Gasteiger partial charge in [0.2, 0.25) is 5.91 Å². The zero-order chi connectivity index (χ0) is 11.0. The van der Waals surface area contributed by atoms with Gasteiger partial charge in [-0.25, -0.2) is 0 Å². The van der Waals surface area contributed by atoms with Crippen LogP contribution in [0.25, 0.3) is 0 Å². The minimum Gasteiger partial charge on any atom is -0.481 e. The maximum Gasteiger partial charge on any atom is 0.308 e. The Labute approximate surface area is 87.7 Å². The second-order valence-electron chi connectivity index (χ2n) is 4.35. The van der Waals surface area contributed by atoms with Crippen LogP contribution in [0.1, 0.15) is 25.7 Å². The van der Waals surface area contributed by atoms with Gasteiger partial charge in [0.25, 0.3) is 0 Å². The zero-order valence-corrected chi connectivity index (χ0v) is 8.43. The molecule has 0 radical (unpaired) electrons. The summed E-state index contributed by atoms with van der Waals surface area (Å²) in [6, 6.07) is -0.151. The van der Waals surface area contributed by atoms with Crippen LogP contribution in [0.4, 0.5) is 0 Å². The van der Waals surface area contributed by atoms with E-state index < -0.39 is 18.0 Å². The Morgan fingerprint density at radius 1 is 1.40 bits per heavy atom. The summed E-state index contributed by atoms with van der Waals surface area (Å²) >= 11 is 0. The molecule has 2 aliphatic rings. The van der Waals surface area contributed by atoms with Gasteiger partial charge in [0.1, 0.15) is 0 Å². The van der Waals surface area contributed by atoms with Crippen molar-refractivity contribution in [3.63, 3.8) is 0 Å². The molecule has 2 rings (SSSR count). The predicted octanol–water partition coefficient (Wildman–Crippen LogP) is -0.167. The van der Waals surface area contributed by atoms with E-state index in [0.29, 0.717) is 6.42 Å². The first kappa shape index (κ1) is 10.4. The summed E-state index contributed by atoms with van der Waals surface area (Å²) in [6.07, 6.45) is 2.03. The van der Waals surface area contributed by atoms with Gasteiger partial charge < -0.3 is 15.1 Å². The lowest BCUT2D eigenvalue weighted by molar-refractivity contribution is -0.141. The van der Waals surface area contributed by atoms with Gasteiger partial charge >= 0.3 is 5.97 Å². The molecular weight excluding hydrogens is 198 g/mol. The molecule has 1 aliphatic carbocycles. The molecule has 1 heterocycles. The molecule has 0 aromatic heterocycles. The number of hydrogen-bond donors (Lipinski definition) is 2. The third-order valence-electron chi connectivity index (χ3n) is 3.35. The largest absolute Gasteiger partial charge is 0.481 e. The topological polar surface area (TPSA) is 77.8 Å². The molecular formula is C10H15NO4. The zero-order valence-electron chi connectivity index (χ0n) is 8.43. The van der Waals surface area contributed by atoms with E-state index in [1.54, 1.807) is 4.90 Å². The molecule has 5 nitrogen and oxygen atoms in total. The second-order valence-corrected chi connectivity index (χ2v) is 4.35. The highest BCUT2D eigenvalue weighted by molar-refractivity contribution is 5.86.